The van der Waals surface area contributed by atoms with Crippen molar-refractivity contribution in [3.05, 3.63) is 64.7 Å². The van der Waals surface area contributed by atoms with Crippen LogP contribution in [0.3, 0.4) is 0 Å². The number of carbonyl (C=O) groups is 2. The van der Waals surface area contributed by atoms with Crippen LogP contribution in [0.25, 0.3) is 11.0 Å². The summed E-state index contributed by atoms with van der Waals surface area (Å²) in [5, 5.41) is 5.01. The highest BCUT2D eigenvalue weighted by molar-refractivity contribution is 6.30. The quantitative estimate of drug-likeness (QED) is 0.614. The summed E-state index contributed by atoms with van der Waals surface area (Å²) in [6.45, 7) is -0.290. The van der Waals surface area contributed by atoms with Crippen molar-refractivity contribution in [2.45, 2.75) is 0 Å². The van der Waals surface area contributed by atoms with Crippen molar-refractivity contribution in [1.29, 1.82) is 0 Å². The van der Waals surface area contributed by atoms with Gasteiger partial charge in [0.05, 0.1) is 7.11 Å². The van der Waals surface area contributed by atoms with Crippen molar-refractivity contribution in [2.75, 3.05) is 13.7 Å². The van der Waals surface area contributed by atoms with Crippen LogP contribution in [0.5, 0.6) is 11.5 Å². The fourth-order valence-corrected chi connectivity index (χ4v) is 2.45. The molecule has 0 fully saturated rings. The van der Waals surface area contributed by atoms with E-state index in [4.69, 9.17) is 31.2 Å². The highest BCUT2D eigenvalue weighted by Crippen LogP contribution is 2.20. The summed E-state index contributed by atoms with van der Waals surface area (Å²) in [5.41, 5.74) is 8.00. The molecule has 9 heteroatoms. The Balaban J connectivity index is 1.79. The van der Waals surface area contributed by atoms with Gasteiger partial charge in [0, 0.05) is 10.4 Å². The molecule has 144 valence electrons. The first-order valence-electron chi connectivity index (χ1n) is 8.09. The molecule has 0 atom stereocenters. The van der Waals surface area contributed by atoms with Gasteiger partial charge in [0.1, 0.15) is 22.6 Å². The Kier molecular flexibility index (Phi) is 5.81. The molecule has 2 aromatic carbocycles. The molecule has 0 unspecified atom stereocenters. The number of nitrogens with zero attached hydrogens (tertiary/aromatic N) is 1. The van der Waals surface area contributed by atoms with Crippen molar-refractivity contribution >= 4 is 34.4 Å². The Morgan fingerprint density at radius 2 is 1.86 bits per heavy atom. The molecular weight excluding hydrogens is 386 g/mol. The number of hydrogen-bond donors (Lipinski definition) is 2. The Hall–Kier alpha value is -3.52. The number of ether oxygens (including phenoxy) is 2. The zero-order valence-electron chi connectivity index (χ0n) is 14.8. The molecule has 3 rings (SSSR count). The molecule has 1 aromatic heterocycles. The number of benzene rings is 2. The van der Waals surface area contributed by atoms with Gasteiger partial charge in [-0.15, -0.1) is 5.10 Å². The number of methoxy groups -OCH3 is 1. The number of fused-ring (bicyclic) bond motifs is 1. The van der Waals surface area contributed by atoms with E-state index in [-0.39, 0.29) is 17.7 Å². The average molecular weight is 402 g/mol. The van der Waals surface area contributed by atoms with E-state index >= 15 is 0 Å². The van der Waals surface area contributed by atoms with E-state index in [2.05, 4.69) is 10.5 Å². The number of nitrogens with two attached hydrogens (primary N) is 1. The van der Waals surface area contributed by atoms with E-state index in [1.165, 1.54) is 13.2 Å². The van der Waals surface area contributed by atoms with Crippen molar-refractivity contribution in [1.82, 2.24) is 5.43 Å². The van der Waals surface area contributed by atoms with Gasteiger partial charge in [-0.05, 0) is 48.5 Å². The number of primary amides is 1. The SMILES string of the molecule is COc1ccc2o/c(=N\NC(=O)COc3ccc(Cl)cc3)c(C(N)=O)cc2c1. The minimum Gasteiger partial charge on any atom is -0.497 e. The molecule has 0 saturated heterocycles. The highest BCUT2D eigenvalue weighted by Gasteiger charge is 2.11. The fraction of sp³-hybridized carbons (Fsp3) is 0.105. The van der Waals surface area contributed by atoms with Crippen LogP contribution in [0.1, 0.15) is 10.4 Å². The minimum absolute atomic E-state index is 0.0136. The molecule has 2 amide bonds. The third-order valence-electron chi connectivity index (χ3n) is 3.69. The first-order chi connectivity index (χ1) is 13.5. The number of hydrogen-bond acceptors (Lipinski definition) is 6. The summed E-state index contributed by atoms with van der Waals surface area (Å²) >= 11 is 5.79. The maximum atomic E-state index is 12.0. The third-order valence-corrected chi connectivity index (χ3v) is 3.94. The van der Waals surface area contributed by atoms with Gasteiger partial charge < -0.3 is 19.6 Å². The lowest BCUT2D eigenvalue weighted by Crippen LogP contribution is -2.29. The second-order valence-corrected chi connectivity index (χ2v) is 6.06. The molecule has 1 heterocycles. The van der Waals surface area contributed by atoms with Gasteiger partial charge in [0.25, 0.3) is 11.8 Å². The van der Waals surface area contributed by atoms with Crippen LogP contribution in [-0.2, 0) is 4.79 Å². The van der Waals surface area contributed by atoms with Crippen LogP contribution in [-0.4, -0.2) is 25.5 Å². The molecule has 0 aliphatic heterocycles. The van der Waals surface area contributed by atoms with Crippen LogP contribution >= 0.6 is 11.6 Å². The first kappa shape index (κ1) is 19.2. The summed E-state index contributed by atoms with van der Waals surface area (Å²) in [5.74, 6) is -0.230. The topological polar surface area (TPSA) is 116 Å². The molecule has 28 heavy (non-hydrogen) atoms. The zero-order valence-corrected chi connectivity index (χ0v) is 15.5. The Labute approximate surface area is 164 Å². The van der Waals surface area contributed by atoms with E-state index in [1.807, 2.05) is 0 Å². The molecule has 0 saturated carbocycles. The average Bonchev–Trinajstić information content (AvgIpc) is 2.70. The van der Waals surface area contributed by atoms with Gasteiger partial charge in [-0.25, -0.2) is 5.43 Å². The van der Waals surface area contributed by atoms with Gasteiger partial charge in [-0.2, -0.15) is 0 Å². The number of halogens is 1. The van der Waals surface area contributed by atoms with Crippen LogP contribution < -0.4 is 26.2 Å². The van der Waals surface area contributed by atoms with E-state index in [0.717, 1.165) is 0 Å². The second kappa shape index (κ2) is 8.45. The highest BCUT2D eigenvalue weighted by atomic mass is 35.5. The maximum absolute atomic E-state index is 12.0. The first-order valence-corrected chi connectivity index (χ1v) is 8.46. The summed E-state index contributed by atoms with van der Waals surface area (Å²) in [6.07, 6.45) is 0. The number of rotatable bonds is 6. The lowest BCUT2D eigenvalue weighted by Gasteiger charge is -2.06. The second-order valence-electron chi connectivity index (χ2n) is 5.62. The van der Waals surface area contributed by atoms with Crippen LogP contribution in [0.15, 0.2) is 58.0 Å². The standard InChI is InChI=1S/C19H16ClN3O5/c1-26-14-6-7-16-11(8-14)9-15(18(21)25)19(28-16)23-22-17(24)10-27-13-4-2-12(20)3-5-13/h2-9H,10H2,1H3,(H2,21,25)(H,22,24)/b23-19-. The predicted molar refractivity (Wildman–Crippen MR) is 102 cm³/mol. The lowest BCUT2D eigenvalue weighted by molar-refractivity contribution is -0.123. The monoisotopic (exact) mass is 401 g/mol. The van der Waals surface area contributed by atoms with E-state index < -0.39 is 11.8 Å². The van der Waals surface area contributed by atoms with Gasteiger partial charge >= 0.3 is 0 Å². The van der Waals surface area contributed by atoms with E-state index in [1.54, 1.807) is 42.5 Å². The fourth-order valence-electron chi connectivity index (χ4n) is 2.32. The smallest absolute Gasteiger partial charge is 0.278 e. The molecule has 0 bridgehead atoms. The zero-order chi connectivity index (χ0) is 20.1. The third kappa shape index (κ3) is 4.60. The summed E-state index contributed by atoms with van der Waals surface area (Å²) in [7, 11) is 1.53. The largest absolute Gasteiger partial charge is 0.497 e. The van der Waals surface area contributed by atoms with Crippen LogP contribution in [0.4, 0.5) is 0 Å². The molecular formula is C19H16ClN3O5. The van der Waals surface area contributed by atoms with Crippen molar-refractivity contribution in [3.8, 4) is 11.5 Å². The minimum atomic E-state index is -0.751. The lowest BCUT2D eigenvalue weighted by atomic mass is 10.1. The van der Waals surface area contributed by atoms with E-state index in [0.29, 0.717) is 27.5 Å². The molecule has 3 N–H and O–H groups in total. The van der Waals surface area contributed by atoms with E-state index in [9.17, 15) is 9.59 Å². The van der Waals surface area contributed by atoms with Gasteiger partial charge in [0.15, 0.2) is 6.61 Å². The van der Waals surface area contributed by atoms with Gasteiger partial charge in [0.2, 0.25) is 5.55 Å². The Bertz CT molecular complexity index is 1090. The Morgan fingerprint density at radius 1 is 1.14 bits per heavy atom. The number of carbonyl (C=O) groups excluding carboxylic acids is 2. The van der Waals surface area contributed by atoms with Crippen molar-refractivity contribution in [2.24, 2.45) is 10.8 Å². The molecule has 0 aliphatic rings. The predicted octanol–water partition coefficient (Wildman–Crippen LogP) is 2.20. The van der Waals surface area contributed by atoms with Crippen LogP contribution in [0, 0.1) is 0 Å². The molecule has 0 aliphatic carbocycles. The van der Waals surface area contributed by atoms with Crippen LogP contribution in [0.2, 0.25) is 5.02 Å². The molecule has 0 spiro atoms. The van der Waals surface area contributed by atoms with Gasteiger partial charge in [-0.3, -0.25) is 9.59 Å². The molecule has 3 aromatic rings. The van der Waals surface area contributed by atoms with Crippen molar-refractivity contribution in [3.63, 3.8) is 0 Å². The normalized spacial score (nSPS) is 11.3. The maximum Gasteiger partial charge on any atom is 0.278 e. The van der Waals surface area contributed by atoms with Crippen molar-refractivity contribution < 1.29 is 23.5 Å². The number of nitrogens with one attached hydrogen (secondary N) is 1. The summed E-state index contributed by atoms with van der Waals surface area (Å²) < 4.78 is 16.0. The molecule has 8 nitrogen and oxygen atoms in total. The number of amides is 2. The molecule has 0 radical (unpaired) electrons. The Morgan fingerprint density at radius 3 is 2.54 bits per heavy atom. The summed E-state index contributed by atoms with van der Waals surface area (Å²) in [4.78, 5) is 23.7. The van der Waals surface area contributed by atoms with Gasteiger partial charge in [-0.1, -0.05) is 11.6 Å². The summed E-state index contributed by atoms with van der Waals surface area (Å²) in [6, 6.07) is 13.1.